The second kappa shape index (κ2) is 7.45. The minimum absolute atomic E-state index is 0.0270. The van der Waals surface area contributed by atoms with Gasteiger partial charge in [0.15, 0.2) is 0 Å². The Morgan fingerprint density at radius 1 is 1.04 bits per heavy atom. The first-order chi connectivity index (χ1) is 11.6. The average molecular weight is 327 g/mol. The first-order valence-electron chi connectivity index (χ1n) is 8.23. The van der Waals surface area contributed by atoms with E-state index in [0.717, 1.165) is 38.3 Å². The predicted molar refractivity (Wildman–Crippen MR) is 93.1 cm³/mol. The van der Waals surface area contributed by atoms with E-state index in [9.17, 15) is 9.18 Å². The zero-order chi connectivity index (χ0) is 16.9. The van der Waals surface area contributed by atoms with Crippen molar-refractivity contribution >= 4 is 11.6 Å². The van der Waals surface area contributed by atoms with Gasteiger partial charge in [-0.2, -0.15) is 0 Å². The molecule has 1 saturated heterocycles. The Morgan fingerprint density at radius 3 is 2.58 bits per heavy atom. The van der Waals surface area contributed by atoms with Gasteiger partial charge in [-0.05, 0) is 48.4 Å². The Balaban J connectivity index is 1.60. The third kappa shape index (κ3) is 4.11. The number of nitrogen functional groups attached to an aromatic ring is 1. The molecule has 0 bridgehead atoms. The van der Waals surface area contributed by atoms with Crippen molar-refractivity contribution < 1.29 is 9.18 Å². The average Bonchev–Trinajstić information content (AvgIpc) is 2.81. The van der Waals surface area contributed by atoms with Crippen molar-refractivity contribution in [3.63, 3.8) is 0 Å². The molecule has 4 nitrogen and oxygen atoms in total. The normalized spacial score (nSPS) is 16.0. The fourth-order valence-electron chi connectivity index (χ4n) is 3.06. The standard InChI is InChI=1S/C19H22FN3O/c20-17-7-5-16(6-8-17)19(24)23-10-2-9-22(11-12-23)14-15-3-1-4-18(21)13-15/h1,3-8,13H,2,9-12,14,21H2. The van der Waals surface area contributed by atoms with E-state index in [2.05, 4.69) is 11.0 Å². The fourth-order valence-corrected chi connectivity index (χ4v) is 3.06. The molecule has 0 radical (unpaired) electrons. The molecule has 2 N–H and O–H groups in total. The zero-order valence-electron chi connectivity index (χ0n) is 13.6. The second-order valence-electron chi connectivity index (χ2n) is 6.17. The topological polar surface area (TPSA) is 49.6 Å². The number of anilines is 1. The van der Waals surface area contributed by atoms with E-state index in [0.29, 0.717) is 12.1 Å². The molecular weight excluding hydrogens is 305 g/mol. The maximum absolute atomic E-state index is 13.0. The molecular formula is C19H22FN3O. The largest absolute Gasteiger partial charge is 0.399 e. The lowest BCUT2D eigenvalue weighted by molar-refractivity contribution is 0.0761. The summed E-state index contributed by atoms with van der Waals surface area (Å²) < 4.78 is 13.0. The molecule has 24 heavy (non-hydrogen) atoms. The van der Waals surface area contributed by atoms with Gasteiger partial charge in [-0.15, -0.1) is 0 Å². The van der Waals surface area contributed by atoms with E-state index < -0.39 is 0 Å². The van der Waals surface area contributed by atoms with Crippen molar-refractivity contribution in [1.29, 1.82) is 0 Å². The van der Waals surface area contributed by atoms with Crippen LogP contribution in [-0.4, -0.2) is 41.9 Å². The van der Waals surface area contributed by atoms with E-state index in [-0.39, 0.29) is 11.7 Å². The predicted octanol–water partition coefficient (Wildman–Crippen LogP) is 2.76. The molecule has 5 heteroatoms. The smallest absolute Gasteiger partial charge is 0.253 e. The molecule has 1 fully saturated rings. The molecule has 0 spiro atoms. The third-order valence-electron chi connectivity index (χ3n) is 4.32. The van der Waals surface area contributed by atoms with Crippen LogP contribution in [0.2, 0.25) is 0 Å². The van der Waals surface area contributed by atoms with E-state index in [1.807, 2.05) is 23.1 Å². The molecule has 1 aliphatic rings. The highest BCUT2D eigenvalue weighted by atomic mass is 19.1. The zero-order valence-corrected chi connectivity index (χ0v) is 13.6. The fraction of sp³-hybridized carbons (Fsp3) is 0.316. The van der Waals surface area contributed by atoms with Crippen molar-refractivity contribution in [3.05, 3.63) is 65.5 Å². The van der Waals surface area contributed by atoms with Crippen LogP contribution in [0.4, 0.5) is 10.1 Å². The van der Waals surface area contributed by atoms with Crippen LogP contribution < -0.4 is 5.73 Å². The Hall–Kier alpha value is -2.40. The van der Waals surface area contributed by atoms with Gasteiger partial charge in [-0.1, -0.05) is 12.1 Å². The van der Waals surface area contributed by atoms with Crippen molar-refractivity contribution in [1.82, 2.24) is 9.80 Å². The number of nitrogens with two attached hydrogens (primary N) is 1. The van der Waals surface area contributed by atoms with Crippen LogP contribution >= 0.6 is 0 Å². The van der Waals surface area contributed by atoms with Crippen molar-refractivity contribution in [2.75, 3.05) is 31.9 Å². The molecule has 126 valence electrons. The third-order valence-corrected chi connectivity index (χ3v) is 4.32. The van der Waals surface area contributed by atoms with Crippen LogP contribution in [0, 0.1) is 5.82 Å². The monoisotopic (exact) mass is 327 g/mol. The van der Waals surface area contributed by atoms with Crippen molar-refractivity contribution in [2.24, 2.45) is 0 Å². The van der Waals surface area contributed by atoms with Gasteiger partial charge in [0.05, 0.1) is 0 Å². The number of carbonyl (C=O) groups excluding carboxylic acids is 1. The molecule has 3 rings (SSSR count). The summed E-state index contributed by atoms with van der Waals surface area (Å²) >= 11 is 0. The summed E-state index contributed by atoms with van der Waals surface area (Å²) in [5, 5.41) is 0. The minimum atomic E-state index is -0.323. The van der Waals surface area contributed by atoms with Crippen LogP contribution in [0.3, 0.4) is 0 Å². The van der Waals surface area contributed by atoms with Gasteiger partial charge in [-0.3, -0.25) is 9.69 Å². The highest BCUT2D eigenvalue weighted by Crippen LogP contribution is 2.14. The van der Waals surface area contributed by atoms with Gasteiger partial charge in [0.2, 0.25) is 0 Å². The second-order valence-corrected chi connectivity index (χ2v) is 6.17. The Morgan fingerprint density at radius 2 is 1.83 bits per heavy atom. The van der Waals surface area contributed by atoms with Gasteiger partial charge in [0.25, 0.3) is 5.91 Å². The van der Waals surface area contributed by atoms with Crippen molar-refractivity contribution in [2.45, 2.75) is 13.0 Å². The Kier molecular flexibility index (Phi) is 5.11. The first-order valence-corrected chi connectivity index (χ1v) is 8.23. The number of halogens is 1. The van der Waals surface area contributed by atoms with Gasteiger partial charge in [-0.25, -0.2) is 4.39 Å². The summed E-state index contributed by atoms with van der Waals surface area (Å²) in [6, 6.07) is 13.7. The van der Waals surface area contributed by atoms with Gasteiger partial charge < -0.3 is 10.6 Å². The maximum Gasteiger partial charge on any atom is 0.253 e. The SMILES string of the molecule is Nc1cccc(CN2CCCN(C(=O)c3ccc(F)cc3)CC2)c1. The first kappa shape index (κ1) is 16.5. The number of hydrogen-bond acceptors (Lipinski definition) is 3. The quantitative estimate of drug-likeness (QED) is 0.882. The summed E-state index contributed by atoms with van der Waals surface area (Å²) in [6.07, 6.45) is 0.926. The molecule has 2 aromatic carbocycles. The van der Waals surface area contributed by atoms with E-state index in [4.69, 9.17) is 5.73 Å². The van der Waals surface area contributed by atoms with E-state index in [1.165, 1.54) is 17.7 Å². The minimum Gasteiger partial charge on any atom is -0.399 e. The lowest BCUT2D eigenvalue weighted by Crippen LogP contribution is -2.35. The molecule has 0 aromatic heterocycles. The molecule has 1 amide bonds. The Labute approximate surface area is 141 Å². The molecule has 0 aliphatic carbocycles. The number of benzene rings is 2. The molecule has 1 heterocycles. The van der Waals surface area contributed by atoms with Crippen LogP contribution in [0.1, 0.15) is 22.3 Å². The summed E-state index contributed by atoms with van der Waals surface area (Å²) in [6.45, 7) is 4.01. The number of hydrogen-bond donors (Lipinski definition) is 1. The van der Waals surface area contributed by atoms with Gasteiger partial charge >= 0.3 is 0 Å². The van der Waals surface area contributed by atoms with Gasteiger partial charge in [0, 0.05) is 44.0 Å². The summed E-state index contributed by atoms with van der Waals surface area (Å²) in [4.78, 5) is 16.7. The summed E-state index contributed by atoms with van der Waals surface area (Å²) in [5.41, 5.74) is 8.34. The van der Waals surface area contributed by atoms with Gasteiger partial charge in [0.1, 0.15) is 5.82 Å². The summed E-state index contributed by atoms with van der Waals surface area (Å²) in [7, 11) is 0. The highest BCUT2D eigenvalue weighted by Gasteiger charge is 2.20. The molecule has 2 aromatic rings. The lowest BCUT2D eigenvalue weighted by atomic mass is 10.2. The molecule has 0 unspecified atom stereocenters. The highest BCUT2D eigenvalue weighted by molar-refractivity contribution is 5.94. The summed E-state index contributed by atoms with van der Waals surface area (Å²) in [5.74, 6) is -0.350. The Bertz CT molecular complexity index is 702. The molecule has 1 aliphatic heterocycles. The molecule has 0 saturated carbocycles. The number of carbonyl (C=O) groups is 1. The molecule has 0 atom stereocenters. The van der Waals surface area contributed by atoms with Crippen LogP contribution in [-0.2, 0) is 6.54 Å². The number of rotatable bonds is 3. The number of amides is 1. The van der Waals surface area contributed by atoms with Crippen molar-refractivity contribution in [3.8, 4) is 0 Å². The van der Waals surface area contributed by atoms with E-state index in [1.54, 1.807) is 12.1 Å². The lowest BCUT2D eigenvalue weighted by Gasteiger charge is -2.22. The van der Waals surface area contributed by atoms with Crippen LogP contribution in [0.25, 0.3) is 0 Å². The van der Waals surface area contributed by atoms with E-state index >= 15 is 0 Å². The van der Waals surface area contributed by atoms with Crippen LogP contribution in [0.5, 0.6) is 0 Å². The maximum atomic E-state index is 13.0. The van der Waals surface area contributed by atoms with Crippen LogP contribution in [0.15, 0.2) is 48.5 Å². The number of nitrogens with zero attached hydrogens (tertiary/aromatic N) is 2.